The topological polar surface area (TPSA) is 51.8 Å². The molecule has 4 heteroatoms. The standard InChI is InChI=1S/C45H27N3O/c1-2-12-29(13-3-1)43-46-44(31-23-24-33-30(27-31)22-26-35-32-14-5-4-11-28(32)21-25-36(33)35)48-45(47-43)38-16-7-6-15-34(38)37-18-10-20-41-42(37)39-17-8-9-19-40(39)49-41/h1-27H. The number of aromatic nitrogens is 3. The maximum absolute atomic E-state index is 6.26. The van der Waals surface area contributed by atoms with Crippen molar-refractivity contribution in [3.05, 3.63) is 164 Å². The van der Waals surface area contributed by atoms with E-state index in [2.05, 4.69) is 103 Å². The zero-order valence-electron chi connectivity index (χ0n) is 26.3. The number of hydrogen-bond acceptors (Lipinski definition) is 4. The Morgan fingerprint density at radius 3 is 1.78 bits per heavy atom. The molecule has 0 unspecified atom stereocenters. The molecule has 0 N–H and O–H groups in total. The van der Waals surface area contributed by atoms with Crippen LogP contribution in [0.3, 0.4) is 0 Å². The van der Waals surface area contributed by atoms with Gasteiger partial charge in [-0.15, -0.1) is 0 Å². The third-order valence-corrected chi connectivity index (χ3v) is 9.53. The van der Waals surface area contributed by atoms with Gasteiger partial charge in [-0.1, -0.05) is 146 Å². The molecule has 2 aromatic heterocycles. The third-order valence-electron chi connectivity index (χ3n) is 9.53. The van der Waals surface area contributed by atoms with Crippen LogP contribution in [0, 0.1) is 0 Å². The third kappa shape index (κ3) is 4.49. The molecule has 0 atom stereocenters. The number of rotatable bonds is 4. The van der Waals surface area contributed by atoms with E-state index < -0.39 is 0 Å². The van der Waals surface area contributed by atoms with Gasteiger partial charge in [0.25, 0.3) is 0 Å². The summed E-state index contributed by atoms with van der Waals surface area (Å²) in [5.41, 5.74) is 6.64. The molecule has 0 aliphatic rings. The van der Waals surface area contributed by atoms with Crippen molar-refractivity contribution < 1.29 is 4.42 Å². The van der Waals surface area contributed by atoms with Crippen molar-refractivity contribution in [3.8, 4) is 45.3 Å². The second kappa shape index (κ2) is 11.0. The molecule has 0 radical (unpaired) electrons. The van der Waals surface area contributed by atoms with Crippen LogP contribution in [0.4, 0.5) is 0 Å². The van der Waals surface area contributed by atoms with E-state index >= 15 is 0 Å². The fraction of sp³-hybridized carbons (Fsp3) is 0. The molecule has 4 nitrogen and oxygen atoms in total. The predicted molar refractivity (Wildman–Crippen MR) is 201 cm³/mol. The second-order valence-corrected chi connectivity index (χ2v) is 12.4. The smallest absolute Gasteiger partial charge is 0.164 e. The highest BCUT2D eigenvalue weighted by molar-refractivity contribution is 6.17. The molecule has 0 fully saturated rings. The molecule has 0 saturated carbocycles. The van der Waals surface area contributed by atoms with Crippen LogP contribution in [-0.2, 0) is 0 Å². The molecule has 0 saturated heterocycles. The van der Waals surface area contributed by atoms with E-state index in [4.69, 9.17) is 19.4 Å². The summed E-state index contributed by atoms with van der Waals surface area (Å²) in [5, 5.41) is 9.51. The van der Waals surface area contributed by atoms with E-state index in [1.807, 2.05) is 60.7 Å². The number of nitrogens with zero attached hydrogens (tertiary/aromatic N) is 3. The van der Waals surface area contributed by atoms with E-state index in [0.717, 1.165) is 55.1 Å². The summed E-state index contributed by atoms with van der Waals surface area (Å²) in [5.74, 6) is 1.88. The zero-order valence-corrected chi connectivity index (χ0v) is 26.3. The minimum atomic E-state index is 0.620. The summed E-state index contributed by atoms with van der Waals surface area (Å²) in [7, 11) is 0. The molecule has 2 heterocycles. The van der Waals surface area contributed by atoms with Gasteiger partial charge in [-0.3, -0.25) is 0 Å². The predicted octanol–water partition coefficient (Wildman–Crippen LogP) is 11.9. The Balaban J connectivity index is 1.18. The molecule has 10 aromatic rings. The lowest BCUT2D eigenvalue weighted by Gasteiger charge is -2.13. The van der Waals surface area contributed by atoms with Gasteiger partial charge in [0.15, 0.2) is 17.5 Å². The Morgan fingerprint density at radius 2 is 0.918 bits per heavy atom. The maximum atomic E-state index is 6.26. The Kier molecular flexibility index (Phi) is 6.15. The summed E-state index contributed by atoms with van der Waals surface area (Å²) in [4.78, 5) is 15.3. The summed E-state index contributed by atoms with van der Waals surface area (Å²) in [6, 6.07) is 56.9. The van der Waals surface area contributed by atoms with Gasteiger partial charge >= 0.3 is 0 Å². The molecule has 49 heavy (non-hydrogen) atoms. The molecule has 0 bridgehead atoms. The largest absolute Gasteiger partial charge is 0.456 e. The van der Waals surface area contributed by atoms with E-state index in [9.17, 15) is 0 Å². The van der Waals surface area contributed by atoms with Gasteiger partial charge in [0.1, 0.15) is 11.2 Å². The first-order valence-corrected chi connectivity index (χ1v) is 16.4. The quantitative estimate of drug-likeness (QED) is 0.183. The maximum Gasteiger partial charge on any atom is 0.164 e. The normalized spacial score (nSPS) is 11.7. The first-order valence-electron chi connectivity index (χ1n) is 16.4. The lowest BCUT2D eigenvalue weighted by atomic mass is 9.95. The molecule has 10 rings (SSSR count). The van der Waals surface area contributed by atoms with Crippen LogP contribution in [0.5, 0.6) is 0 Å². The van der Waals surface area contributed by atoms with Crippen LogP contribution in [0.25, 0.3) is 99.5 Å². The molecular formula is C45H27N3O. The highest BCUT2D eigenvalue weighted by atomic mass is 16.3. The van der Waals surface area contributed by atoms with E-state index in [1.54, 1.807) is 0 Å². The molecular weight excluding hydrogens is 599 g/mol. The number of fused-ring (bicyclic) bond motifs is 8. The van der Waals surface area contributed by atoms with Gasteiger partial charge in [-0.05, 0) is 61.6 Å². The average Bonchev–Trinajstić information content (AvgIpc) is 3.57. The molecule has 8 aromatic carbocycles. The average molecular weight is 626 g/mol. The minimum Gasteiger partial charge on any atom is -0.456 e. The second-order valence-electron chi connectivity index (χ2n) is 12.4. The van der Waals surface area contributed by atoms with E-state index in [0.29, 0.717) is 17.5 Å². The summed E-state index contributed by atoms with van der Waals surface area (Å²) in [6.07, 6.45) is 0. The number of benzene rings is 8. The van der Waals surface area contributed by atoms with Crippen molar-refractivity contribution in [1.82, 2.24) is 15.0 Å². The van der Waals surface area contributed by atoms with Crippen molar-refractivity contribution >= 4 is 54.3 Å². The Morgan fingerprint density at radius 1 is 0.327 bits per heavy atom. The molecule has 0 spiro atoms. The minimum absolute atomic E-state index is 0.620. The van der Waals surface area contributed by atoms with Crippen LogP contribution in [0.1, 0.15) is 0 Å². The number of furan rings is 1. The molecule has 228 valence electrons. The van der Waals surface area contributed by atoms with E-state index in [1.165, 1.54) is 26.9 Å². The van der Waals surface area contributed by atoms with Gasteiger partial charge in [0, 0.05) is 27.5 Å². The monoisotopic (exact) mass is 625 g/mol. The first-order chi connectivity index (χ1) is 24.3. The Labute approximate surface area is 282 Å². The molecule has 0 amide bonds. The van der Waals surface area contributed by atoms with Gasteiger partial charge in [-0.2, -0.15) is 0 Å². The Bertz CT molecular complexity index is 2890. The Hall–Kier alpha value is -6.65. The van der Waals surface area contributed by atoms with Crippen LogP contribution < -0.4 is 0 Å². The van der Waals surface area contributed by atoms with Crippen molar-refractivity contribution in [3.63, 3.8) is 0 Å². The first kappa shape index (κ1) is 27.5. The highest BCUT2D eigenvalue weighted by Gasteiger charge is 2.19. The van der Waals surface area contributed by atoms with Crippen molar-refractivity contribution in [2.45, 2.75) is 0 Å². The van der Waals surface area contributed by atoms with Crippen molar-refractivity contribution in [1.29, 1.82) is 0 Å². The molecule has 0 aliphatic carbocycles. The van der Waals surface area contributed by atoms with Gasteiger partial charge < -0.3 is 4.42 Å². The van der Waals surface area contributed by atoms with Gasteiger partial charge in [0.2, 0.25) is 0 Å². The molecule has 0 aliphatic heterocycles. The number of para-hydroxylation sites is 1. The fourth-order valence-corrected chi connectivity index (χ4v) is 7.22. The zero-order chi connectivity index (χ0) is 32.3. The highest BCUT2D eigenvalue weighted by Crippen LogP contribution is 2.40. The van der Waals surface area contributed by atoms with Gasteiger partial charge in [0.05, 0.1) is 0 Å². The van der Waals surface area contributed by atoms with Crippen LogP contribution >= 0.6 is 0 Å². The van der Waals surface area contributed by atoms with E-state index in [-0.39, 0.29) is 0 Å². The lowest BCUT2D eigenvalue weighted by Crippen LogP contribution is -2.01. The van der Waals surface area contributed by atoms with Crippen LogP contribution in [0.15, 0.2) is 168 Å². The lowest BCUT2D eigenvalue weighted by molar-refractivity contribution is 0.669. The van der Waals surface area contributed by atoms with Crippen LogP contribution in [-0.4, -0.2) is 15.0 Å². The fourth-order valence-electron chi connectivity index (χ4n) is 7.22. The summed E-state index contributed by atoms with van der Waals surface area (Å²) in [6.45, 7) is 0. The van der Waals surface area contributed by atoms with Crippen LogP contribution in [0.2, 0.25) is 0 Å². The van der Waals surface area contributed by atoms with Gasteiger partial charge in [-0.25, -0.2) is 15.0 Å². The summed E-state index contributed by atoms with van der Waals surface area (Å²) < 4.78 is 6.26. The SMILES string of the molecule is c1ccc(-c2nc(-c3ccc4c(ccc5c6ccccc6ccc45)c3)nc(-c3ccccc3-c3cccc4oc5ccccc5c34)n2)cc1. The van der Waals surface area contributed by atoms with Crippen molar-refractivity contribution in [2.75, 3.05) is 0 Å². The number of hydrogen-bond donors (Lipinski definition) is 0. The van der Waals surface area contributed by atoms with Crippen molar-refractivity contribution in [2.24, 2.45) is 0 Å². The summed E-state index contributed by atoms with van der Waals surface area (Å²) >= 11 is 0.